The fourth-order valence-electron chi connectivity index (χ4n) is 0.746. The van der Waals surface area contributed by atoms with Crippen LogP contribution in [0.1, 0.15) is 0 Å². The minimum atomic E-state index is 0.633. The summed E-state index contributed by atoms with van der Waals surface area (Å²) in [5, 5.41) is 0. The Morgan fingerprint density at radius 3 is 1.15 bits per heavy atom. The third-order valence-electron chi connectivity index (χ3n) is 1.32. The monoisotopic (exact) mass is 194 g/mol. The molecule has 0 atom stereocenters. The van der Waals surface area contributed by atoms with Gasteiger partial charge in [0.1, 0.15) is 0 Å². The Balaban J connectivity index is 2.76. The molecule has 6 N–H and O–H groups in total. The van der Waals surface area contributed by atoms with E-state index < -0.39 is 0 Å². The van der Waals surface area contributed by atoms with Crippen LogP contribution in [0.3, 0.4) is 0 Å². The SMILES string of the molecule is [NH3+]CCOCCOCCOCC[NH3+]. The average molecular weight is 194 g/mol. The van der Waals surface area contributed by atoms with E-state index in [4.69, 9.17) is 14.2 Å². The lowest BCUT2D eigenvalue weighted by Crippen LogP contribution is -2.52. The van der Waals surface area contributed by atoms with Gasteiger partial charge in [-0.1, -0.05) is 0 Å². The molecule has 0 aliphatic heterocycles. The zero-order valence-electron chi connectivity index (χ0n) is 8.30. The van der Waals surface area contributed by atoms with Crippen molar-refractivity contribution in [1.29, 1.82) is 0 Å². The lowest BCUT2D eigenvalue weighted by atomic mass is 10.7. The van der Waals surface area contributed by atoms with E-state index in [1.807, 2.05) is 0 Å². The van der Waals surface area contributed by atoms with Gasteiger partial charge >= 0.3 is 0 Å². The summed E-state index contributed by atoms with van der Waals surface area (Å²) in [6.45, 7) is 5.60. The molecule has 0 aliphatic carbocycles. The Bertz CT molecular complexity index is 83.5. The van der Waals surface area contributed by atoms with Gasteiger partial charge in [-0.05, 0) is 0 Å². The van der Waals surface area contributed by atoms with Crippen molar-refractivity contribution < 1.29 is 25.7 Å². The predicted molar refractivity (Wildman–Crippen MR) is 48.0 cm³/mol. The van der Waals surface area contributed by atoms with E-state index in [-0.39, 0.29) is 0 Å². The van der Waals surface area contributed by atoms with Gasteiger partial charge in [0.25, 0.3) is 0 Å². The molecule has 0 fully saturated rings. The molecule has 13 heavy (non-hydrogen) atoms. The molecule has 5 nitrogen and oxygen atoms in total. The van der Waals surface area contributed by atoms with Crippen LogP contribution in [-0.4, -0.2) is 52.7 Å². The molecule has 80 valence electrons. The van der Waals surface area contributed by atoms with Crippen LogP contribution in [0.25, 0.3) is 0 Å². The van der Waals surface area contributed by atoms with Crippen molar-refractivity contribution >= 4 is 0 Å². The molecule has 5 heteroatoms. The first-order chi connectivity index (χ1) is 6.41. The van der Waals surface area contributed by atoms with Crippen LogP contribution in [0.4, 0.5) is 0 Å². The van der Waals surface area contributed by atoms with Gasteiger partial charge in [0, 0.05) is 0 Å². The van der Waals surface area contributed by atoms with Crippen LogP contribution in [0.5, 0.6) is 0 Å². The molecule has 0 rings (SSSR count). The van der Waals surface area contributed by atoms with Crippen LogP contribution in [0.15, 0.2) is 0 Å². The first kappa shape index (κ1) is 12.8. The molecule has 0 amide bonds. The zero-order chi connectivity index (χ0) is 9.78. The average Bonchev–Trinajstić information content (AvgIpc) is 2.16. The second-order valence-corrected chi connectivity index (χ2v) is 2.54. The molecule has 0 aromatic rings. The van der Waals surface area contributed by atoms with Gasteiger partial charge in [-0.3, -0.25) is 0 Å². The van der Waals surface area contributed by atoms with Crippen LogP contribution < -0.4 is 11.5 Å². The van der Waals surface area contributed by atoms with Gasteiger partial charge in [0.2, 0.25) is 0 Å². The number of hydrogen-bond acceptors (Lipinski definition) is 3. The summed E-state index contributed by atoms with van der Waals surface area (Å²) in [5.74, 6) is 0. The molecule has 0 unspecified atom stereocenters. The van der Waals surface area contributed by atoms with Crippen molar-refractivity contribution in [2.45, 2.75) is 0 Å². The maximum absolute atomic E-state index is 5.24. The Morgan fingerprint density at radius 2 is 0.846 bits per heavy atom. The van der Waals surface area contributed by atoms with Crippen LogP contribution in [0, 0.1) is 0 Å². The lowest BCUT2D eigenvalue weighted by molar-refractivity contribution is -0.374. The molecular weight excluding hydrogens is 172 g/mol. The molecule has 0 aromatic carbocycles. The predicted octanol–water partition coefficient (Wildman–Crippen LogP) is -2.48. The van der Waals surface area contributed by atoms with E-state index in [1.54, 1.807) is 0 Å². The molecule has 0 aliphatic rings. The summed E-state index contributed by atoms with van der Waals surface area (Å²) in [6, 6.07) is 0. The minimum Gasteiger partial charge on any atom is -0.377 e. The van der Waals surface area contributed by atoms with Crippen LogP contribution in [0.2, 0.25) is 0 Å². The molecule has 0 saturated heterocycles. The largest absolute Gasteiger partial charge is 0.377 e. The normalized spacial score (nSPS) is 10.6. The van der Waals surface area contributed by atoms with E-state index in [9.17, 15) is 0 Å². The van der Waals surface area contributed by atoms with Crippen LogP contribution in [-0.2, 0) is 14.2 Å². The van der Waals surface area contributed by atoms with E-state index >= 15 is 0 Å². The minimum absolute atomic E-state index is 0.633. The maximum Gasteiger partial charge on any atom is 0.0977 e. The fourth-order valence-corrected chi connectivity index (χ4v) is 0.746. The van der Waals surface area contributed by atoms with Crippen molar-refractivity contribution in [3.8, 4) is 0 Å². The van der Waals surface area contributed by atoms with Gasteiger partial charge in [0.15, 0.2) is 0 Å². The molecule has 0 aromatic heterocycles. The van der Waals surface area contributed by atoms with Crippen molar-refractivity contribution in [2.75, 3.05) is 52.7 Å². The van der Waals surface area contributed by atoms with Crippen molar-refractivity contribution in [3.63, 3.8) is 0 Å². The van der Waals surface area contributed by atoms with Crippen LogP contribution >= 0.6 is 0 Å². The molecule has 0 spiro atoms. The highest BCUT2D eigenvalue weighted by molar-refractivity contribution is 4.32. The Morgan fingerprint density at radius 1 is 0.538 bits per heavy atom. The standard InChI is InChI=1S/C8H20N2O3/c9-1-3-11-5-7-13-8-6-12-4-2-10/h1-10H2/p+2. The Kier molecular flexibility index (Phi) is 11.6. The highest BCUT2D eigenvalue weighted by atomic mass is 16.5. The maximum atomic E-state index is 5.24. The lowest BCUT2D eigenvalue weighted by Gasteiger charge is -2.04. The summed E-state index contributed by atoms with van der Waals surface area (Å²) < 4.78 is 15.6. The van der Waals surface area contributed by atoms with Gasteiger partial charge in [-0.25, -0.2) is 0 Å². The van der Waals surface area contributed by atoms with Gasteiger partial charge in [-0.2, -0.15) is 0 Å². The smallest absolute Gasteiger partial charge is 0.0977 e. The number of rotatable bonds is 10. The second kappa shape index (κ2) is 11.8. The summed E-state index contributed by atoms with van der Waals surface area (Å²) in [5.41, 5.74) is 7.32. The molecule has 0 saturated carbocycles. The van der Waals surface area contributed by atoms with E-state index in [1.165, 1.54) is 0 Å². The highest BCUT2D eigenvalue weighted by Crippen LogP contribution is 1.79. The van der Waals surface area contributed by atoms with Crippen molar-refractivity contribution in [2.24, 2.45) is 0 Å². The van der Waals surface area contributed by atoms with Gasteiger partial charge in [-0.15, -0.1) is 0 Å². The molecule has 0 bridgehead atoms. The summed E-state index contributed by atoms with van der Waals surface area (Å²) >= 11 is 0. The topological polar surface area (TPSA) is 83.0 Å². The summed E-state index contributed by atoms with van der Waals surface area (Å²) in [7, 11) is 0. The molecule has 0 radical (unpaired) electrons. The van der Waals surface area contributed by atoms with E-state index in [0.717, 1.165) is 13.1 Å². The van der Waals surface area contributed by atoms with Gasteiger partial charge in [0.05, 0.1) is 52.7 Å². The van der Waals surface area contributed by atoms with E-state index in [0.29, 0.717) is 39.6 Å². The van der Waals surface area contributed by atoms with Gasteiger partial charge < -0.3 is 25.7 Å². The second-order valence-electron chi connectivity index (χ2n) is 2.54. The third kappa shape index (κ3) is 11.8. The number of ether oxygens (including phenoxy) is 3. The molecular formula is C8H22N2O3+2. The Labute approximate surface area is 79.3 Å². The van der Waals surface area contributed by atoms with E-state index in [2.05, 4.69) is 11.5 Å². The zero-order valence-corrected chi connectivity index (χ0v) is 8.30. The van der Waals surface area contributed by atoms with Crippen molar-refractivity contribution in [1.82, 2.24) is 0 Å². The number of quaternary nitrogens is 2. The summed E-state index contributed by atoms with van der Waals surface area (Å²) in [4.78, 5) is 0. The fraction of sp³-hybridized carbons (Fsp3) is 1.00. The first-order valence-electron chi connectivity index (χ1n) is 4.73. The third-order valence-corrected chi connectivity index (χ3v) is 1.32. The quantitative estimate of drug-likeness (QED) is 0.378. The van der Waals surface area contributed by atoms with Crippen molar-refractivity contribution in [3.05, 3.63) is 0 Å². The summed E-state index contributed by atoms with van der Waals surface area (Å²) in [6.07, 6.45) is 0. The number of hydrogen-bond donors (Lipinski definition) is 2. The molecule has 0 heterocycles. The highest BCUT2D eigenvalue weighted by Gasteiger charge is 1.90. The first-order valence-corrected chi connectivity index (χ1v) is 4.73. The Hall–Kier alpha value is -0.200.